The van der Waals surface area contributed by atoms with E-state index < -0.39 is 0 Å². The summed E-state index contributed by atoms with van der Waals surface area (Å²) >= 11 is 7.94. The summed E-state index contributed by atoms with van der Waals surface area (Å²) < 4.78 is 9.04. The van der Waals surface area contributed by atoms with Crippen molar-refractivity contribution >= 4 is 54.7 Å². The van der Waals surface area contributed by atoms with E-state index in [4.69, 9.17) is 4.74 Å². The topological polar surface area (TPSA) is 9.23 Å². The van der Waals surface area contributed by atoms with Gasteiger partial charge in [-0.3, -0.25) is 0 Å². The summed E-state index contributed by atoms with van der Waals surface area (Å²) in [5.74, 6) is 0. The third kappa shape index (κ3) is 7.54. The minimum Gasteiger partial charge on any atom is -0.381 e. The Labute approximate surface area is 234 Å². The lowest BCUT2D eigenvalue weighted by atomic mass is 10.0. The van der Waals surface area contributed by atoms with Crippen LogP contribution in [0, 0.1) is 0 Å². The van der Waals surface area contributed by atoms with Gasteiger partial charge in [-0.25, -0.2) is 0 Å². The van der Waals surface area contributed by atoms with Crippen LogP contribution in [0.15, 0.2) is 35.0 Å². The van der Waals surface area contributed by atoms with E-state index in [0.29, 0.717) is 0 Å². The summed E-state index contributed by atoms with van der Waals surface area (Å²) in [5.41, 5.74) is 3.24. The molecular weight excluding hydrogens is 517 g/mol. The number of hydrogen-bond acceptors (Lipinski definition) is 5. The summed E-state index contributed by atoms with van der Waals surface area (Å²) in [4.78, 5) is 5.97. The first kappa shape index (κ1) is 28.0. The lowest BCUT2D eigenvalue weighted by Gasteiger charge is -2.06. The van der Waals surface area contributed by atoms with Crippen LogP contribution < -0.4 is 0 Å². The zero-order chi connectivity index (χ0) is 25.0. The summed E-state index contributed by atoms with van der Waals surface area (Å²) in [7, 11) is 0. The lowest BCUT2D eigenvalue weighted by molar-refractivity contribution is 0.126. The van der Waals surface area contributed by atoms with Gasteiger partial charge in [0.05, 0.1) is 0 Å². The van der Waals surface area contributed by atoms with E-state index in [1.807, 2.05) is 22.7 Å². The number of fused-ring (bicyclic) bond motifs is 1. The molecule has 0 bridgehead atoms. The van der Waals surface area contributed by atoms with Crippen LogP contribution in [0.25, 0.3) is 28.9 Å². The zero-order valence-corrected chi connectivity index (χ0v) is 25.4. The first-order chi connectivity index (χ1) is 17.8. The first-order valence-electron chi connectivity index (χ1n) is 14.1. The van der Waals surface area contributed by atoms with Crippen molar-refractivity contribution in [2.45, 2.75) is 97.3 Å². The van der Waals surface area contributed by atoms with Gasteiger partial charge in [-0.1, -0.05) is 70.9 Å². The normalized spacial score (nSPS) is 11.7. The fourth-order valence-electron chi connectivity index (χ4n) is 4.84. The fourth-order valence-corrected chi connectivity index (χ4v) is 9.62. The minimum absolute atomic E-state index is 0.923. The molecule has 0 amide bonds. The largest absolute Gasteiger partial charge is 0.381 e. The van der Waals surface area contributed by atoms with E-state index in [-0.39, 0.29) is 0 Å². The van der Waals surface area contributed by atoms with E-state index in [1.54, 1.807) is 25.4 Å². The van der Waals surface area contributed by atoms with E-state index in [0.717, 1.165) is 13.2 Å². The number of thiophene rings is 4. The highest BCUT2D eigenvalue weighted by atomic mass is 32.1. The van der Waals surface area contributed by atoms with Gasteiger partial charge >= 0.3 is 0 Å². The van der Waals surface area contributed by atoms with Crippen LogP contribution in [0.4, 0.5) is 0 Å². The van der Waals surface area contributed by atoms with Crippen LogP contribution in [0.2, 0.25) is 0 Å². The van der Waals surface area contributed by atoms with Crippen molar-refractivity contribution in [2.24, 2.45) is 0 Å². The SMILES string of the molecule is CCCCCCOCCCCCc1c(-c2cccs2)sc2c(CCCCCC)c(-c3cccs3)sc12. The Balaban J connectivity index is 1.48. The fraction of sp³-hybridized carbons (Fsp3) is 0.548. The van der Waals surface area contributed by atoms with Crippen molar-refractivity contribution in [3.8, 4) is 19.5 Å². The third-order valence-electron chi connectivity index (χ3n) is 6.84. The highest BCUT2D eigenvalue weighted by Gasteiger charge is 2.23. The lowest BCUT2D eigenvalue weighted by Crippen LogP contribution is -1.97. The molecule has 1 nitrogen and oxygen atoms in total. The number of unbranched alkanes of at least 4 members (excludes halogenated alkanes) is 8. The molecule has 196 valence electrons. The monoisotopic (exact) mass is 558 g/mol. The van der Waals surface area contributed by atoms with Crippen LogP contribution in [0.3, 0.4) is 0 Å². The Morgan fingerprint density at radius 2 is 1.06 bits per heavy atom. The van der Waals surface area contributed by atoms with Gasteiger partial charge < -0.3 is 4.74 Å². The Bertz CT molecular complexity index is 1120. The molecule has 0 radical (unpaired) electrons. The molecule has 5 heteroatoms. The maximum absolute atomic E-state index is 5.89. The molecule has 36 heavy (non-hydrogen) atoms. The summed E-state index contributed by atoms with van der Waals surface area (Å²) in [6.45, 7) is 6.43. The molecule has 0 aliphatic heterocycles. The third-order valence-corrected chi connectivity index (χ3v) is 11.7. The van der Waals surface area contributed by atoms with Crippen molar-refractivity contribution in [3.05, 3.63) is 46.2 Å². The van der Waals surface area contributed by atoms with E-state index in [9.17, 15) is 0 Å². The average molecular weight is 559 g/mol. The van der Waals surface area contributed by atoms with E-state index in [1.165, 1.54) is 98.1 Å². The highest BCUT2D eigenvalue weighted by molar-refractivity contribution is 7.33. The highest BCUT2D eigenvalue weighted by Crippen LogP contribution is 2.50. The molecule has 4 aromatic rings. The Kier molecular flexibility index (Phi) is 12.0. The van der Waals surface area contributed by atoms with E-state index >= 15 is 0 Å². The zero-order valence-electron chi connectivity index (χ0n) is 22.1. The average Bonchev–Trinajstić information content (AvgIpc) is 3.68. The molecule has 0 aliphatic carbocycles. The van der Waals surface area contributed by atoms with Crippen LogP contribution in [-0.4, -0.2) is 13.2 Å². The molecule has 0 aromatic carbocycles. The molecule has 0 atom stereocenters. The molecule has 0 N–H and O–H groups in total. The molecule has 4 heterocycles. The van der Waals surface area contributed by atoms with Crippen LogP contribution in [0.5, 0.6) is 0 Å². The Hall–Kier alpha value is -0.980. The molecule has 0 spiro atoms. The molecule has 0 aliphatic rings. The van der Waals surface area contributed by atoms with Gasteiger partial charge in [0.15, 0.2) is 0 Å². The Morgan fingerprint density at radius 1 is 0.583 bits per heavy atom. The maximum Gasteiger partial charge on any atom is 0.0499 e. The first-order valence-corrected chi connectivity index (χ1v) is 17.4. The van der Waals surface area contributed by atoms with Gasteiger partial charge in [0.1, 0.15) is 0 Å². The van der Waals surface area contributed by atoms with Gasteiger partial charge in [-0.15, -0.1) is 45.3 Å². The predicted molar refractivity (Wildman–Crippen MR) is 167 cm³/mol. The van der Waals surface area contributed by atoms with Crippen molar-refractivity contribution in [3.63, 3.8) is 0 Å². The molecular formula is C31H42OS4. The Morgan fingerprint density at radius 3 is 1.50 bits per heavy atom. The van der Waals surface area contributed by atoms with Gasteiger partial charge in [0, 0.05) is 42.1 Å². The maximum atomic E-state index is 5.89. The minimum atomic E-state index is 0.923. The van der Waals surface area contributed by atoms with Crippen molar-refractivity contribution in [2.75, 3.05) is 13.2 Å². The van der Waals surface area contributed by atoms with Crippen LogP contribution in [0.1, 0.15) is 95.6 Å². The van der Waals surface area contributed by atoms with Crippen molar-refractivity contribution in [1.82, 2.24) is 0 Å². The molecule has 0 fully saturated rings. The van der Waals surface area contributed by atoms with Crippen LogP contribution >= 0.6 is 45.3 Å². The van der Waals surface area contributed by atoms with Gasteiger partial charge in [0.2, 0.25) is 0 Å². The second kappa shape index (κ2) is 15.4. The smallest absolute Gasteiger partial charge is 0.0499 e. The summed E-state index contributed by atoms with van der Waals surface area (Å²) in [6.07, 6.45) is 16.5. The van der Waals surface area contributed by atoms with Gasteiger partial charge in [0.25, 0.3) is 0 Å². The molecule has 0 saturated carbocycles. The summed E-state index contributed by atoms with van der Waals surface area (Å²) in [5, 5.41) is 4.46. The number of ether oxygens (including phenoxy) is 1. The van der Waals surface area contributed by atoms with Crippen LogP contribution in [-0.2, 0) is 17.6 Å². The number of aryl methyl sites for hydroxylation is 2. The predicted octanol–water partition coefficient (Wildman–Crippen LogP) is 11.9. The second-order valence-electron chi connectivity index (χ2n) is 9.73. The number of rotatable bonds is 18. The molecule has 0 unspecified atom stereocenters. The second-order valence-corrected chi connectivity index (χ2v) is 13.7. The van der Waals surface area contributed by atoms with Gasteiger partial charge in [-0.05, 0) is 72.5 Å². The van der Waals surface area contributed by atoms with Crippen molar-refractivity contribution < 1.29 is 4.74 Å². The summed E-state index contributed by atoms with van der Waals surface area (Å²) in [6, 6.07) is 9.05. The molecule has 4 aromatic heterocycles. The molecule has 4 rings (SSSR count). The number of hydrogen-bond donors (Lipinski definition) is 0. The standard InChI is InChI=1S/C31H42OS4/c1-3-5-7-10-16-24-28(26-18-14-22-33-26)35-31-25(29(36-30(24)31)27-19-15-23-34-27)17-11-9-13-21-32-20-12-8-6-4-2/h14-15,18-19,22-23H,3-13,16-17,20-21H2,1-2H3. The quantitative estimate of drug-likeness (QED) is 0.110. The van der Waals surface area contributed by atoms with Crippen molar-refractivity contribution in [1.29, 1.82) is 0 Å². The van der Waals surface area contributed by atoms with E-state index in [2.05, 4.69) is 71.5 Å². The molecule has 0 saturated heterocycles. The van der Waals surface area contributed by atoms with Gasteiger partial charge in [-0.2, -0.15) is 0 Å².